The molecule has 0 radical (unpaired) electrons. The van der Waals surface area contributed by atoms with Gasteiger partial charge in [-0.15, -0.1) is 0 Å². The van der Waals surface area contributed by atoms with Gasteiger partial charge in [-0.2, -0.15) is 4.98 Å². The fraction of sp³-hybridized carbons (Fsp3) is 0.545. The number of anilines is 1. The van der Waals surface area contributed by atoms with Crippen LogP contribution in [-0.4, -0.2) is 11.6 Å². The monoisotopic (exact) mass is 226 g/mol. The molecule has 0 atom stereocenters. The van der Waals surface area contributed by atoms with E-state index in [1.807, 2.05) is 0 Å². The third-order valence-corrected chi connectivity index (χ3v) is 3.06. The first-order valence-electron chi connectivity index (χ1n) is 5.30. The summed E-state index contributed by atoms with van der Waals surface area (Å²) in [6, 6.07) is 3.38. The van der Waals surface area contributed by atoms with Crippen LogP contribution < -0.4 is 10.5 Å². The maximum atomic E-state index is 5.75. The van der Waals surface area contributed by atoms with E-state index in [4.69, 9.17) is 22.1 Å². The number of halogens is 1. The zero-order valence-electron chi connectivity index (χ0n) is 8.58. The molecule has 15 heavy (non-hydrogen) atoms. The van der Waals surface area contributed by atoms with Crippen molar-refractivity contribution in [2.75, 3.05) is 12.3 Å². The minimum absolute atomic E-state index is 0.419. The van der Waals surface area contributed by atoms with Crippen LogP contribution in [0.3, 0.4) is 0 Å². The minimum Gasteiger partial charge on any atom is -0.476 e. The Balaban J connectivity index is 1.83. The van der Waals surface area contributed by atoms with Gasteiger partial charge in [0.15, 0.2) is 0 Å². The van der Waals surface area contributed by atoms with E-state index in [1.54, 1.807) is 12.1 Å². The smallest absolute Gasteiger partial charge is 0.238 e. The van der Waals surface area contributed by atoms with E-state index in [9.17, 15) is 0 Å². The third kappa shape index (κ3) is 2.75. The van der Waals surface area contributed by atoms with Crippen LogP contribution in [0.1, 0.15) is 25.7 Å². The fourth-order valence-corrected chi connectivity index (χ4v) is 1.79. The summed E-state index contributed by atoms with van der Waals surface area (Å²) in [5.41, 5.74) is 6.26. The molecule has 1 aromatic heterocycles. The molecule has 0 bridgehead atoms. The van der Waals surface area contributed by atoms with Gasteiger partial charge in [-0.25, -0.2) is 0 Å². The number of pyridine rings is 1. The van der Waals surface area contributed by atoms with Crippen molar-refractivity contribution in [2.45, 2.75) is 25.7 Å². The van der Waals surface area contributed by atoms with Crippen LogP contribution in [0, 0.1) is 5.92 Å². The molecule has 4 heteroatoms. The van der Waals surface area contributed by atoms with E-state index >= 15 is 0 Å². The van der Waals surface area contributed by atoms with E-state index in [0.717, 1.165) is 12.3 Å². The Hall–Kier alpha value is -0.960. The molecule has 0 unspecified atom stereocenters. The Morgan fingerprint density at radius 2 is 2.27 bits per heavy atom. The summed E-state index contributed by atoms with van der Waals surface area (Å²) in [6.45, 7) is 0.683. The highest BCUT2D eigenvalue weighted by atomic mass is 35.5. The Kier molecular flexibility index (Phi) is 3.31. The van der Waals surface area contributed by atoms with Crippen LogP contribution in [0.15, 0.2) is 12.1 Å². The quantitative estimate of drug-likeness (QED) is 0.804. The maximum Gasteiger partial charge on any atom is 0.238 e. The molecule has 82 valence electrons. The molecule has 2 N–H and O–H groups in total. The molecule has 2 rings (SSSR count). The highest BCUT2D eigenvalue weighted by Crippen LogP contribution is 2.29. The normalized spacial score (nSPS) is 16.1. The number of nitrogens with zero attached hydrogens (tertiary/aromatic N) is 1. The van der Waals surface area contributed by atoms with E-state index < -0.39 is 0 Å². The number of nitrogens with two attached hydrogens (primary N) is 1. The first-order valence-corrected chi connectivity index (χ1v) is 5.68. The van der Waals surface area contributed by atoms with Gasteiger partial charge in [0, 0.05) is 0 Å². The van der Waals surface area contributed by atoms with E-state index in [1.165, 1.54) is 19.3 Å². The number of hydrogen-bond donors (Lipinski definition) is 1. The van der Waals surface area contributed by atoms with Crippen molar-refractivity contribution in [1.29, 1.82) is 0 Å². The molecule has 1 fully saturated rings. The molecule has 1 aliphatic rings. The molecular weight excluding hydrogens is 212 g/mol. The van der Waals surface area contributed by atoms with Crippen LogP contribution in [-0.2, 0) is 0 Å². The van der Waals surface area contributed by atoms with Crippen molar-refractivity contribution >= 4 is 17.3 Å². The van der Waals surface area contributed by atoms with Crippen LogP contribution in [0.2, 0.25) is 5.15 Å². The molecule has 1 saturated carbocycles. The van der Waals surface area contributed by atoms with E-state index in [2.05, 4.69) is 4.98 Å². The summed E-state index contributed by atoms with van der Waals surface area (Å²) in [5.74, 6) is 1.30. The molecule has 0 amide bonds. The van der Waals surface area contributed by atoms with Crippen molar-refractivity contribution in [3.63, 3.8) is 0 Å². The zero-order valence-corrected chi connectivity index (χ0v) is 9.33. The van der Waals surface area contributed by atoms with Gasteiger partial charge in [0.2, 0.25) is 5.88 Å². The largest absolute Gasteiger partial charge is 0.476 e. The van der Waals surface area contributed by atoms with Gasteiger partial charge < -0.3 is 10.5 Å². The van der Waals surface area contributed by atoms with Gasteiger partial charge in [-0.05, 0) is 24.5 Å². The Labute approximate surface area is 94.6 Å². The standard InChI is InChI=1S/C11H15ClN2O/c12-10-5-4-9(13)11(14-10)15-7-6-8-2-1-3-8/h4-5,8H,1-3,6-7,13H2. The second-order valence-electron chi connectivity index (χ2n) is 3.96. The predicted molar refractivity (Wildman–Crippen MR) is 61.1 cm³/mol. The lowest BCUT2D eigenvalue weighted by Gasteiger charge is -2.24. The van der Waals surface area contributed by atoms with Crippen LogP contribution >= 0.6 is 11.6 Å². The lowest BCUT2D eigenvalue weighted by molar-refractivity contribution is 0.218. The van der Waals surface area contributed by atoms with Crippen molar-refractivity contribution in [3.8, 4) is 5.88 Å². The lowest BCUT2D eigenvalue weighted by atomic mass is 9.83. The van der Waals surface area contributed by atoms with Gasteiger partial charge in [-0.3, -0.25) is 0 Å². The topological polar surface area (TPSA) is 48.1 Å². The summed E-state index contributed by atoms with van der Waals surface area (Å²) in [6.07, 6.45) is 5.12. The third-order valence-electron chi connectivity index (χ3n) is 2.85. The zero-order chi connectivity index (χ0) is 10.7. The molecule has 1 heterocycles. The Morgan fingerprint density at radius 3 is 2.93 bits per heavy atom. The van der Waals surface area contributed by atoms with Crippen molar-refractivity contribution in [2.24, 2.45) is 5.92 Å². The van der Waals surface area contributed by atoms with Crippen molar-refractivity contribution in [3.05, 3.63) is 17.3 Å². The van der Waals surface area contributed by atoms with E-state index in [-0.39, 0.29) is 0 Å². The number of ether oxygens (including phenoxy) is 1. The second-order valence-corrected chi connectivity index (χ2v) is 4.35. The minimum atomic E-state index is 0.419. The van der Waals surface area contributed by atoms with Crippen molar-refractivity contribution < 1.29 is 4.74 Å². The van der Waals surface area contributed by atoms with Gasteiger partial charge in [-0.1, -0.05) is 30.9 Å². The highest BCUT2D eigenvalue weighted by molar-refractivity contribution is 6.29. The summed E-state index contributed by atoms with van der Waals surface area (Å²) in [4.78, 5) is 4.03. The molecule has 3 nitrogen and oxygen atoms in total. The fourth-order valence-electron chi connectivity index (χ4n) is 1.65. The molecule has 0 aliphatic heterocycles. The molecule has 0 saturated heterocycles. The van der Waals surface area contributed by atoms with Crippen molar-refractivity contribution in [1.82, 2.24) is 4.98 Å². The summed E-state index contributed by atoms with van der Waals surface area (Å²) in [7, 11) is 0. The summed E-state index contributed by atoms with van der Waals surface area (Å²) >= 11 is 5.75. The SMILES string of the molecule is Nc1ccc(Cl)nc1OCCC1CCC1. The Bertz CT molecular complexity index is 339. The van der Waals surface area contributed by atoms with Gasteiger partial charge in [0.25, 0.3) is 0 Å². The van der Waals surface area contributed by atoms with Crippen LogP contribution in [0.4, 0.5) is 5.69 Å². The second kappa shape index (κ2) is 4.71. The van der Waals surface area contributed by atoms with Gasteiger partial charge in [0.05, 0.1) is 12.3 Å². The first-order chi connectivity index (χ1) is 7.25. The number of aromatic nitrogens is 1. The first kappa shape index (κ1) is 10.6. The van der Waals surface area contributed by atoms with Gasteiger partial charge in [0.1, 0.15) is 5.15 Å². The van der Waals surface area contributed by atoms with Crippen LogP contribution in [0.5, 0.6) is 5.88 Å². The highest BCUT2D eigenvalue weighted by Gasteiger charge is 2.17. The number of hydrogen-bond acceptors (Lipinski definition) is 3. The average molecular weight is 227 g/mol. The molecule has 0 aromatic carbocycles. The summed E-state index contributed by atoms with van der Waals surface area (Å²) < 4.78 is 5.50. The maximum absolute atomic E-state index is 5.75. The van der Waals surface area contributed by atoms with E-state index in [0.29, 0.717) is 23.3 Å². The number of rotatable bonds is 4. The van der Waals surface area contributed by atoms with Gasteiger partial charge >= 0.3 is 0 Å². The predicted octanol–water partition coefficient (Wildman–Crippen LogP) is 2.89. The lowest BCUT2D eigenvalue weighted by Crippen LogP contribution is -2.15. The molecule has 0 spiro atoms. The Morgan fingerprint density at radius 1 is 1.47 bits per heavy atom. The number of nitrogen functional groups attached to an aromatic ring is 1. The molecular formula is C11H15ClN2O. The average Bonchev–Trinajstić information content (AvgIpc) is 2.15. The molecule has 1 aliphatic carbocycles. The molecule has 1 aromatic rings. The summed E-state index contributed by atoms with van der Waals surface area (Å²) in [5, 5.41) is 0.419. The van der Waals surface area contributed by atoms with Crippen LogP contribution in [0.25, 0.3) is 0 Å².